The first-order valence-corrected chi connectivity index (χ1v) is 9.07. The van der Waals surface area contributed by atoms with Crippen LogP contribution in [-0.4, -0.2) is 23.4 Å². The fourth-order valence-electron chi connectivity index (χ4n) is 2.72. The van der Waals surface area contributed by atoms with Gasteiger partial charge in [0.1, 0.15) is 5.76 Å². The topological polar surface area (TPSA) is 98.4 Å². The molecule has 3 amide bonds. The number of hydrogen-bond acceptors (Lipinski definition) is 4. The molecule has 1 heterocycles. The van der Waals surface area contributed by atoms with E-state index >= 15 is 0 Å². The van der Waals surface area contributed by atoms with Gasteiger partial charge in [-0.05, 0) is 48.5 Å². The highest BCUT2D eigenvalue weighted by Crippen LogP contribution is 2.15. The maximum atomic E-state index is 12.8. The minimum absolute atomic E-state index is 0.211. The van der Waals surface area contributed by atoms with Gasteiger partial charge in [0, 0.05) is 23.5 Å². The van der Waals surface area contributed by atoms with Crippen LogP contribution in [0.2, 0.25) is 0 Å². The average Bonchev–Trinajstić information content (AvgIpc) is 3.25. The zero-order valence-corrected chi connectivity index (χ0v) is 15.7. The summed E-state index contributed by atoms with van der Waals surface area (Å²) in [6, 6.07) is 20.9. The van der Waals surface area contributed by atoms with Crippen molar-refractivity contribution >= 4 is 23.3 Å². The molecule has 3 rings (SSSR count). The summed E-state index contributed by atoms with van der Waals surface area (Å²) in [6.45, 7) is 0.586. The van der Waals surface area contributed by atoms with Crippen molar-refractivity contribution in [2.24, 2.45) is 0 Å². The third-order valence-corrected chi connectivity index (χ3v) is 4.13. The van der Waals surface area contributed by atoms with Crippen molar-refractivity contribution in [3.05, 3.63) is 84.3 Å². The van der Waals surface area contributed by atoms with Crippen LogP contribution in [0.25, 0.3) is 0 Å². The van der Waals surface area contributed by atoms with Crippen LogP contribution in [0.3, 0.4) is 0 Å². The fraction of sp³-hybridized carbons (Fsp3) is 0.136. The molecule has 0 atom stereocenters. The first-order valence-electron chi connectivity index (χ1n) is 9.07. The summed E-state index contributed by atoms with van der Waals surface area (Å²) in [7, 11) is 0. The Hall–Kier alpha value is -4.05. The number of carbonyl (C=O) groups excluding carboxylic acids is 2. The second-order valence-electron chi connectivity index (χ2n) is 6.24. The van der Waals surface area contributed by atoms with Crippen LogP contribution in [0.4, 0.5) is 16.2 Å². The number of hydrogen-bond donors (Lipinski definition) is 2. The third kappa shape index (κ3) is 5.71. The predicted octanol–water partition coefficient (Wildman–Crippen LogP) is 4.48. The summed E-state index contributed by atoms with van der Waals surface area (Å²) in [6.07, 6.45) is 1.77. The van der Waals surface area contributed by atoms with E-state index in [1.54, 1.807) is 59.7 Å². The summed E-state index contributed by atoms with van der Waals surface area (Å²) in [5, 5.41) is 14.3. The maximum absolute atomic E-state index is 12.8. The number of para-hydroxylation sites is 1. The fourth-order valence-corrected chi connectivity index (χ4v) is 2.72. The minimum Gasteiger partial charge on any atom is -0.467 e. The van der Waals surface area contributed by atoms with Gasteiger partial charge in [0.15, 0.2) is 0 Å². The molecule has 146 valence electrons. The summed E-state index contributed by atoms with van der Waals surface area (Å²) in [5.41, 5.74) is 1.70. The van der Waals surface area contributed by atoms with Crippen LogP contribution < -0.4 is 10.6 Å². The van der Waals surface area contributed by atoms with Gasteiger partial charge >= 0.3 is 6.03 Å². The molecule has 29 heavy (non-hydrogen) atoms. The Morgan fingerprint density at radius 3 is 2.24 bits per heavy atom. The maximum Gasteiger partial charge on any atom is 0.323 e. The first kappa shape index (κ1) is 19.7. The lowest BCUT2D eigenvalue weighted by Crippen LogP contribution is -2.31. The predicted molar refractivity (Wildman–Crippen MR) is 109 cm³/mol. The molecule has 0 unspecified atom stereocenters. The molecule has 0 aliphatic carbocycles. The number of rotatable bonds is 7. The van der Waals surface area contributed by atoms with Crippen molar-refractivity contribution in [1.29, 1.82) is 5.26 Å². The molecule has 0 aliphatic heterocycles. The van der Waals surface area contributed by atoms with Crippen LogP contribution in [0.5, 0.6) is 0 Å². The highest BCUT2D eigenvalue weighted by atomic mass is 16.3. The van der Waals surface area contributed by atoms with E-state index in [2.05, 4.69) is 16.7 Å². The number of amides is 3. The molecule has 2 N–H and O–H groups in total. The smallest absolute Gasteiger partial charge is 0.323 e. The molecule has 0 saturated carbocycles. The van der Waals surface area contributed by atoms with Gasteiger partial charge < -0.3 is 20.0 Å². The summed E-state index contributed by atoms with van der Waals surface area (Å²) >= 11 is 0. The number of urea groups is 1. The molecule has 0 aliphatic rings. The molecule has 7 heteroatoms. The second kappa shape index (κ2) is 9.76. The van der Waals surface area contributed by atoms with Crippen molar-refractivity contribution in [2.45, 2.75) is 13.0 Å². The molecule has 0 fully saturated rings. The van der Waals surface area contributed by atoms with E-state index < -0.39 is 0 Å². The Kier molecular flexibility index (Phi) is 6.63. The molecule has 7 nitrogen and oxygen atoms in total. The molecule has 0 spiro atoms. The Labute approximate surface area is 168 Å². The Morgan fingerprint density at radius 1 is 0.931 bits per heavy atom. The lowest BCUT2D eigenvalue weighted by molar-refractivity contribution is 0.0735. The van der Waals surface area contributed by atoms with Gasteiger partial charge in [-0.3, -0.25) is 4.79 Å². The van der Waals surface area contributed by atoms with Crippen LogP contribution in [0, 0.1) is 11.3 Å². The number of nitrogens with zero attached hydrogens (tertiary/aromatic N) is 2. The second-order valence-corrected chi connectivity index (χ2v) is 6.24. The normalized spacial score (nSPS) is 10.0. The lowest BCUT2D eigenvalue weighted by Gasteiger charge is -2.20. The zero-order valence-electron chi connectivity index (χ0n) is 15.7. The number of benzene rings is 2. The van der Waals surface area contributed by atoms with E-state index in [1.165, 1.54) is 0 Å². The van der Waals surface area contributed by atoms with E-state index in [1.807, 2.05) is 18.2 Å². The van der Waals surface area contributed by atoms with Crippen LogP contribution in [0.15, 0.2) is 77.4 Å². The van der Waals surface area contributed by atoms with Gasteiger partial charge in [-0.25, -0.2) is 4.79 Å². The Bertz CT molecular complexity index is 977. The summed E-state index contributed by atoms with van der Waals surface area (Å²) < 4.78 is 5.31. The molecular formula is C22H20N4O3. The molecule has 2 aromatic carbocycles. The van der Waals surface area contributed by atoms with Crippen LogP contribution in [-0.2, 0) is 6.54 Å². The van der Waals surface area contributed by atoms with E-state index in [-0.39, 0.29) is 24.9 Å². The highest BCUT2D eigenvalue weighted by Gasteiger charge is 2.17. The van der Waals surface area contributed by atoms with Crippen molar-refractivity contribution in [3.8, 4) is 6.07 Å². The molecule has 0 saturated heterocycles. The number of nitriles is 1. The van der Waals surface area contributed by atoms with E-state index in [9.17, 15) is 9.59 Å². The molecular weight excluding hydrogens is 368 g/mol. The first-order chi connectivity index (χ1) is 14.2. The van der Waals surface area contributed by atoms with Crippen molar-refractivity contribution < 1.29 is 14.0 Å². The van der Waals surface area contributed by atoms with Gasteiger partial charge in [-0.15, -0.1) is 0 Å². The molecule has 0 radical (unpaired) electrons. The minimum atomic E-state index is -0.372. The summed E-state index contributed by atoms with van der Waals surface area (Å²) in [5.74, 6) is 0.434. The highest BCUT2D eigenvalue weighted by molar-refractivity contribution is 6.00. The monoisotopic (exact) mass is 388 g/mol. The van der Waals surface area contributed by atoms with Gasteiger partial charge in [-0.1, -0.05) is 18.2 Å². The SMILES string of the molecule is N#CCCN(Cc1ccco1)C(=O)c1ccc(NC(=O)Nc2ccccc2)cc1. The van der Waals surface area contributed by atoms with Gasteiger partial charge in [-0.2, -0.15) is 5.26 Å². The number of anilines is 2. The summed E-state index contributed by atoms with van der Waals surface area (Å²) in [4.78, 5) is 26.5. The van der Waals surface area contributed by atoms with E-state index in [0.29, 0.717) is 29.2 Å². The van der Waals surface area contributed by atoms with Gasteiger partial charge in [0.25, 0.3) is 5.91 Å². The van der Waals surface area contributed by atoms with Crippen LogP contribution in [0.1, 0.15) is 22.5 Å². The van der Waals surface area contributed by atoms with E-state index in [4.69, 9.17) is 9.68 Å². The Balaban J connectivity index is 1.63. The number of carbonyl (C=O) groups is 2. The standard InChI is InChI=1S/C22H20N4O3/c23-13-5-14-26(16-20-8-4-15-29-20)21(27)17-9-11-19(12-10-17)25-22(28)24-18-6-2-1-3-7-18/h1-4,6-12,15H,5,14,16H2,(H2,24,25,28). The average molecular weight is 388 g/mol. The van der Waals surface area contributed by atoms with Gasteiger partial charge in [0.05, 0.1) is 25.3 Å². The largest absolute Gasteiger partial charge is 0.467 e. The van der Waals surface area contributed by atoms with Gasteiger partial charge in [0.2, 0.25) is 0 Å². The van der Waals surface area contributed by atoms with E-state index in [0.717, 1.165) is 0 Å². The van der Waals surface area contributed by atoms with Crippen LogP contribution >= 0.6 is 0 Å². The molecule has 0 bridgehead atoms. The number of nitrogens with one attached hydrogen (secondary N) is 2. The molecule has 1 aromatic heterocycles. The Morgan fingerprint density at radius 2 is 1.62 bits per heavy atom. The number of furan rings is 1. The molecule has 3 aromatic rings. The zero-order chi connectivity index (χ0) is 20.5. The van der Waals surface area contributed by atoms with Crippen molar-refractivity contribution in [1.82, 2.24) is 4.90 Å². The third-order valence-electron chi connectivity index (χ3n) is 4.13. The lowest BCUT2D eigenvalue weighted by atomic mass is 10.1. The van der Waals surface area contributed by atoms with Crippen molar-refractivity contribution in [3.63, 3.8) is 0 Å². The quantitative estimate of drug-likeness (QED) is 0.623. The van der Waals surface area contributed by atoms with Crippen molar-refractivity contribution in [2.75, 3.05) is 17.2 Å².